The van der Waals surface area contributed by atoms with Crippen molar-refractivity contribution in [3.8, 4) is 11.1 Å². The number of aromatic nitrogens is 2. The van der Waals surface area contributed by atoms with Crippen molar-refractivity contribution in [2.75, 3.05) is 24.3 Å². The zero-order valence-electron chi connectivity index (χ0n) is 17.4. The first-order valence-corrected chi connectivity index (χ1v) is 9.90. The average Bonchev–Trinajstić information content (AvgIpc) is 2.75. The van der Waals surface area contributed by atoms with Gasteiger partial charge in [-0.05, 0) is 41.8 Å². The minimum Gasteiger partial charge on any atom is -0.361 e. The molecule has 0 aliphatic rings. The first kappa shape index (κ1) is 19.6. The molecule has 0 saturated carbocycles. The monoisotopic (exact) mass is 396 g/mol. The van der Waals surface area contributed by atoms with Gasteiger partial charge in [-0.1, -0.05) is 48.5 Å². The van der Waals surface area contributed by atoms with E-state index in [-0.39, 0.29) is 12.3 Å². The number of nitrogens with zero attached hydrogens (tertiary/aromatic N) is 3. The number of carbonyl (C=O) groups is 1. The molecule has 5 nitrogen and oxygen atoms in total. The Morgan fingerprint density at radius 3 is 2.47 bits per heavy atom. The van der Waals surface area contributed by atoms with E-state index in [2.05, 4.69) is 28.5 Å². The Labute approximate surface area is 176 Å². The Kier molecular flexibility index (Phi) is 5.44. The van der Waals surface area contributed by atoms with Crippen LogP contribution in [-0.2, 0) is 11.2 Å². The van der Waals surface area contributed by atoms with Gasteiger partial charge in [0.25, 0.3) is 0 Å². The number of carbonyl (C=O) groups excluding carboxylic acids is 1. The highest BCUT2D eigenvalue weighted by atomic mass is 16.1. The summed E-state index contributed by atoms with van der Waals surface area (Å²) in [6.07, 6.45) is 1.95. The van der Waals surface area contributed by atoms with Gasteiger partial charge >= 0.3 is 0 Å². The SMILES string of the molecule is Cc1nc2ccccc2c(-c2ccccc2)c1CC(=O)Nc1cccnc1N(C)C. The standard InChI is InChI=1S/C25H24N4O/c1-17-20(16-23(30)28-22-14-9-15-26-25(22)29(2)3)24(18-10-5-4-6-11-18)19-12-7-8-13-21(19)27-17/h4-15H,16H2,1-3H3,(H,28,30). The smallest absolute Gasteiger partial charge is 0.228 e. The highest BCUT2D eigenvalue weighted by molar-refractivity contribution is 6.01. The van der Waals surface area contributed by atoms with Crippen molar-refractivity contribution in [1.82, 2.24) is 9.97 Å². The second kappa shape index (κ2) is 8.33. The molecule has 0 bridgehead atoms. The Hall–Kier alpha value is -3.73. The van der Waals surface area contributed by atoms with E-state index in [1.165, 1.54) is 0 Å². The number of anilines is 2. The number of aryl methyl sites for hydroxylation is 1. The summed E-state index contributed by atoms with van der Waals surface area (Å²) in [6, 6.07) is 21.9. The van der Waals surface area contributed by atoms with E-state index in [1.807, 2.05) is 74.4 Å². The van der Waals surface area contributed by atoms with Crippen molar-refractivity contribution in [2.45, 2.75) is 13.3 Å². The predicted molar refractivity (Wildman–Crippen MR) is 123 cm³/mol. The summed E-state index contributed by atoms with van der Waals surface area (Å²) >= 11 is 0. The Balaban J connectivity index is 1.76. The molecule has 0 atom stereocenters. The molecular weight excluding hydrogens is 372 g/mol. The molecule has 0 aliphatic heterocycles. The van der Waals surface area contributed by atoms with Gasteiger partial charge in [0.15, 0.2) is 5.82 Å². The lowest BCUT2D eigenvalue weighted by Crippen LogP contribution is -2.20. The molecule has 0 fully saturated rings. The van der Waals surface area contributed by atoms with Gasteiger partial charge in [-0.15, -0.1) is 0 Å². The third kappa shape index (κ3) is 3.87. The van der Waals surface area contributed by atoms with Crippen LogP contribution in [0.4, 0.5) is 11.5 Å². The molecule has 5 heteroatoms. The number of pyridine rings is 2. The molecule has 0 unspecified atom stereocenters. The Morgan fingerprint density at radius 1 is 0.967 bits per heavy atom. The van der Waals surface area contributed by atoms with Crippen molar-refractivity contribution >= 4 is 28.3 Å². The zero-order chi connectivity index (χ0) is 21.1. The molecule has 2 aromatic heterocycles. The molecule has 1 amide bonds. The first-order valence-electron chi connectivity index (χ1n) is 9.90. The van der Waals surface area contributed by atoms with Crippen LogP contribution in [-0.4, -0.2) is 30.0 Å². The summed E-state index contributed by atoms with van der Waals surface area (Å²) in [5.74, 6) is 0.631. The Bertz CT molecular complexity index is 1200. The lowest BCUT2D eigenvalue weighted by atomic mass is 9.92. The number of hydrogen-bond donors (Lipinski definition) is 1. The number of benzene rings is 2. The normalized spacial score (nSPS) is 10.8. The predicted octanol–water partition coefficient (Wildman–Crippen LogP) is 4.85. The lowest BCUT2D eigenvalue weighted by molar-refractivity contribution is -0.115. The molecule has 0 saturated heterocycles. The average molecular weight is 396 g/mol. The highest BCUT2D eigenvalue weighted by Crippen LogP contribution is 2.33. The lowest BCUT2D eigenvalue weighted by Gasteiger charge is -2.18. The van der Waals surface area contributed by atoms with Gasteiger partial charge < -0.3 is 10.2 Å². The maximum Gasteiger partial charge on any atom is 0.228 e. The summed E-state index contributed by atoms with van der Waals surface area (Å²) in [7, 11) is 3.81. The van der Waals surface area contributed by atoms with Gasteiger partial charge in [0.1, 0.15) is 0 Å². The zero-order valence-corrected chi connectivity index (χ0v) is 17.4. The number of fused-ring (bicyclic) bond motifs is 1. The number of hydrogen-bond acceptors (Lipinski definition) is 4. The van der Waals surface area contributed by atoms with Gasteiger partial charge in [-0.25, -0.2) is 4.98 Å². The van der Waals surface area contributed by atoms with E-state index in [9.17, 15) is 4.79 Å². The molecule has 150 valence electrons. The van der Waals surface area contributed by atoms with Gasteiger partial charge in [0.05, 0.1) is 17.6 Å². The minimum absolute atomic E-state index is 0.0940. The maximum absolute atomic E-state index is 13.0. The summed E-state index contributed by atoms with van der Waals surface area (Å²) in [6.45, 7) is 1.97. The fourth-order valence-corrected chi connectivity index (χ4v) is 3.73. The van der Waals surface area contributed by atoms with E-state index in [0.29, 0.717) is 5.69 Å². The van der Waals surface area contributed by atoms with E-state index in [4.69, 9.17) is 4.98 Å². The topological polar surface area (TPSA) is 58.1 Å². The van der Waals surface area contributed by atoms with Crippen molar-refractivity contribution < 1.29 is 4.79 Å². The fraction of sp³-hybridized carbons (Fsp3) is 0.160. The fourth-order valence-electron chi connectivity index (χ4n) is 3.73. The molecule has 1 N–H and O–H groups in total. The van der Waals surface area contributed by atoms with Crippen LogP contribution >= 0.6 is 0 Å². The van der Waals surface area contributed by atoms with Crippen LogP contribution in [0.25, 0.3) is 22.0 Å². The van der Waals surface area contributed by atoms with Gasteiger partial charge in [-0.2, -0.15) is 0 Å². The molecule has 2 heterocycles. The van der Waals surface area contributed by atoms with Crippen molar-refractivity contribution in [3.63, 3.8) is 0 Å². The van der Waals surface area contributed by atoms with Crippen LogP contribution in [0, 0.1) is 6.92 Å². The molecule has 2 aromatic carbocycles. The second-order valence-electron chi connectivity index (χ2n) is 7.43. The van der Waals surface area contributed by atoms with Crippen LogP contribution < -0.4 is 10.2 Å². The van der Waals surface area contributed by atoms with Crippen molar-refractivity contribution in [2.24, 2.45) is 0 Å². The van der Waals surface area contributed by atoms with Gasteiger partial charge in [-0.3, -0.25) is 9.78 Å². The summed E-state index contributed by atoms with van der Waals surface area (Å²) in [5.41, 5.74) is 5.57. The van der Waals surface area contributed by atoms with Crippen molar-refractivity contribution in [1.29, 1.82) is 0 Å². The Morgan fingerprint density at radius 2 is 1.70 bits per heavy atom. The summed E-state index contributed by atoms with van der Waals surface area (Å²) < 4.78 is 0. The van der Waals surface area contributed by atoms with Crippen LogP contribution in [0.3, 0.4) is 0 Å². The molecule has 0 spiro atoms. The number of para-hydroxylation sites is 1. The van der Waals surface area contributed by atoms with Gasteiger partial charge in [0, 0.05) is 31.4 Å². The minimum atomic E-state index is -0.0940. The number of nitrogens with one attached hydrogen (secondary N) is 1. The summed E-state index contributed by atoms with van der Waals surface area (Å²) in [4.78, 5) is 24.1. The molecular formula is C25H24N4O. The first-order chi connectivity index (χ1) is 14.5. The van der Waals surface area contributed by atoms with Crippen LogP contribution in [0.15, 0.2) is 72.9 Å². The molecule has 4 rings (SSSR count). The molecule has 0 aliphatic carbocycles. The maximum atomic E-state index is 13.0. The van der Waals surface area contributed by atoms with Crippen LogP contribution in [0.1, 0.15) is 11.3 Å². The number of rotatable bonds is 5. The third-order valence-corrected chi connectivity index (χ3v) is 5.08. The van der Waals surface area contributed by atoms with Crippen LogP contribution in [0.2, 0.25) is 0 Å². The summed E-state index contributed by atoms with van der Waals surface area (Å²) in [5, 5.41) is 4.07. The van der Waals surface area contributed by atoms with Gasteiger partial charge in [0.2, 0.25) is 5.91 Å². The second-order valence-corrected chi connectivity index (χ2v) is 7.43. The number of amides is 1. The molecule has 0 radical (unpaired) electrons. The van der Waals surface area contributed by atoms with E-state index >= 15 is 0 Å². The molecule has 4 aromatic rings. The van der Waals surface area contributed by atoms with Crippen molar-refractivity contribution in [3.05, 3.63) is 84.2 Å². The molecule has 30 heavy (non-hydrogen) atoms. The van der Waals surface area contributed by atoms with E-state index < -0.39 is 0 Å². The highest BCUT2D eigenvalue weighted by Gasteiger charge is 2.18. The largest absolute Gasteiger partial charge is 0.361 e. The van der Waals surface area contributed by atoms with Crippen LogP contribution in [0.5, 0.6) is 0 Å². The van der Waals surface area contributed by atoms with E-state index in [1.54, 1.807) is 6.20 Å². The third-order valence-electron chi connectivity index (χ3n) is 5.08. The van der Waals surface area contributed by atoms with E-state index in [0.717, 1.165) is 39.1 Å². The quantitative estimate of drug-likeness (QED) is 0.524.